The zero-order valence-corrected chi connectivity index (χ0v) is 17.5. The summed E-state index contributed by atoms with van der Waals surface area (Å²) in [5.41, 5.74) is 4.66. The Morgan fingerprint density at radius 1 is 1.07 bits per heavy atom. The van der Waals surface area contributed by atoms with Gasteiger partial charge in [0.1, 0.15) is 0 Å². The molecule has 2 heterocycles. The van der Waals surface area contributed by atoms with Crippen LogP contribution in [0.2, 0.25) is 0 Å². The molecule has 0 unspecified atom stereocenters. The number of urea groups is 1. The highest BCUT2D eigenvalue weighted by Crippen LogP contribution is 2.28. The third kappa shape index (κ3) is 5.10. The maximum atomic E-state index is 12.8. The lowest BCUT2D eigenvalue weighted by Gasteiger charge is -2.34. The molecular weight excluding hydrogens is 348 g/mol. The Morgan fingerprint density at radius 3 is 2.43 bits per heavy atom. The van der Waals surface area contributed by atoms with Crippen LogP contribution in [0.4, 0.5) is 10.5 Å². The lowest BCUT2D eigenvalue weighted by molar-refractivity contribution is 0.143. The molecule has 0 atom stereocenters. The smallest absolute Gasteiger partial charge is 0.321 e. The molecule has 1 aliphatic heterocycles. The van der Waals surface area contributed by atoms with E-state index in [1.165, 1.54) is 16.7 Å². The molecule has 28 heavy (non-hydrogen) atoms. The van der Waals surface area contributed by atoms with Gasteiger partial charge >= 0.3 is 6.03 Å². The average molecular weight is 381 g/mol. The Hall–Kier alpha value is -2.40. The minimum Gasteiger partial charge on any atom is -0.322 e. The van der Waals surface area contributed by atoms with Crippen molar-refractivity contribution in [2.24, 2.45) is 0 Å². The van der Waals surface area contributed by atoms with Crippen LogP contribution in [-0.4, -0.2) is 47.0 Å². The first-order valence-corrected chi connectivity index (χ1v) is 10.2. The second-order valence-corrected chi connectivity index (χ2v) is 8.21. The average Bonchev–Trinajstić information content (AvgIpc) is 2.69. The second-order valence-electron chi connectivity index (χ2n) is 8.21. The molecule has 2 aromatic rings. The number of aromatic nitrogens is 1. The van der Waals surface area contributed by atoms with E-state index in [0.29, 0.717) is 11.8 Å². The zero-order valence-electron chi connectivity index (χ0n) is 17.5. The van der Waals surface area contributed by atoms with Crippen LogP contribution in [-0.2, 0) is 6.54 Å². The summed E-state index contributed by atoms with van der Waals surface area (Å²) in [5, 5.41) is 3.15. The summed E-state index contributed by atoms with van der Waals surface area (Å²) < 4.78 is 0. The van der Waals surface area contributed by atoms with Crippen LogP contribution in [0.5, 0.6) is 0 Å². The Morgan fingerprint density at radius 2 is 1.82 bits per heavy atom. The van der Waals surface area contributed by atoms with Crippen molar-refractivity contribution in [2.45, 2.75) is 46.1 Å². The van der Waals surface area contributed by atoms with Gasteiger partial charge in [-0.15, -0.1) is 0 Å². The molecule has 5 heteroatoms. The molecule has 1 N–H and O–H groups in total. The number of benzene rings is 1. The summed E-state index contributed by atoms with van der Waals surface area (Å²) in [4.78, 5) is 21.3. The number of piperazine rings is 1. The summed E-state index contributed by atoms with van der Waals surface area (Å²) in [7, 11) is 0. The number of rotatable bonds is 5. The molecule has 150 valence electrons. The van der Waals surface area contributed by atoms with Gasteiger partial charge in [-0.25, -0.2) is 4.79 Å². The molecule has 0 aliphatic carbocycles. The van der Waals surface area contributed by atoms with Crippen molar-refractivity contribution in [3.63, 3.8) is 0 Å². The molecule has 0 radical (unpaired) electrons. The number of carbonyl (C=O) groups excluding carboxylic acids is 1. The predicted octanol–water partition coefficient (Wildman–Crippen LogP) is 4.68. The molecule has 1 saturated heterocycles. The highest BCUT2D eigenvalue weighted by Gasteiger charge is 2.22. The fourth-order valence-electron chi connectivity index (χ4n) is 3.59. The van der Waals surface area contributed by atoms with E-state index in [0.717, 1.165) is 38.4 Å². The summed E-state index contributed by atoms with van der Waals surface area (Å²) in [6, 6.07) is 10.5. The second kappa shape index (κ2) is 9.20. The van der Waals surface area contributed by atoms with Crippen LogP contribution >= 0.6 is 0 Å². The van der Waals surface area contributed by atoms with Crippen LogP contribution in [0.3, 0.4) is 0 Å². The van der Waals surface area contributed by atoms with Crippen molar-refractivity contribution in [1.82, 2.24) is 14.8 Å². The predicted molar refractivity (Wildman–Crippen MR) is 115 cm³/mol. The van der Waals surface area contributed by atoms with Gasteiger partial charge in [-0.05, 0) is 40.7 Å². The fourth-order valence-corrected chi connectivity index (χ4v) is 3.59. The summed E-state index contributed by atoms with van der Waals surface area (Å²) in [6.07, 6.45) is 3.71. The molecule has 0 bridgehead atoms. The van der Waals surface area contributed by atoms with Gasteiger partial charge in [-0.2, -0.15) is 0 Å². The van der Waals surface area contributed by atoms with E-state index in [2.05, 4.69) is 67.2 Å². The third-order valence-electron chi connectivity index (χ3n) is 5.39. The quantitative estimate of drug-likeness (QED) is 0.819. The standard InChI is InChI=1S/C23H32N4O/c1-17(2)20-7-8-22(21(14-20)18(3)4)25-23(28)27-12-10-26(11-13-27)16-19-6-5-9-24-15-19/h5-9,14-15,17-18H,10-13,16H2,1-4H3,(H,25,28). The maximum absolute atomic E-state index is 12.8. The largest absolute Gasteiger partial charge is 0.322 e. The molecule has 0 saturated carbocycles. The van der Waals surface area contributed by atoms with Crippen LogP contribution in [0.1, 0.15) is 56.2 Å². The number of anilines is 1. The number of amides is 2. The van der Waals surface area contributed by atoms with Gasteiger partial charge in [0.2, 0.25) is 0 Å². The molecule has 0 spiro atoms. The Bertz CT molecular complexity index is 780. The molecule has 1 aromatic carbocycles. The summed E-state index contributed by atoms with van der Waals surface area (Å²) in [5.74, 6) is 0.848. The Labute approximate surface area is 168 Å². The number of hydrogen-bond donors (Lipinski definition) is 1. The minimum atomic E-state index is 0.000208. The van der Waals surface area contributed by atoms with E-state index in [1.54, 1.807) is 6.20 Å². The van der Waals surface area contributed by atoms with E-state index in [-0.39, 0.29) is 6.03 Å². The lowest BCUT2D eigenvalue weighted by atomic mass is 9.94. The third-order valence-corrected chi connectivity index (χ3v) is 5.39. The molecular formula is C23H32N4O. The minimum absolute atomic E-state index is 0.000208. The summed E-state index contributed by atoms with van der Waals surface area (Å²) in [6.45, 7) is 12.9. The number of nitrogens with one attached hydrogen (secondary N) is 1. The first kappa shape index (κ1) is 20.3. The number of hydrogen-bond acceptors (Lipinski definition) is 3. The van der Waals surface area contributed by atoms with Gasteiger partial charge in [0.15, 0.2) is 0 Å². The Kier molecular flexibility index (Phi) is 6.68. The summed E-state index contributed by atoms with van der Waals surface area (Å²) >= 11 is 0. The normalized spacial score (nSPS) is 15.3. The SMILES string of the molecule is CC(C)c1ccc(NC(=O)N2CCN(Cc3cccnc3)CC2)c(C(C)C)c1. The van der Waals surface area contributed by atoms with Crippen LogP contribution in [0.25, 0.3) is 0 Å². The van der Waals surface area contributed by atoms with Gasteiger partial charge < -0.3 is 10.2 Å². The first-order chi connectivity index (χ1) is 13.4. The molecule has 1 fully saturated rings. The highest BCUT2D eigenvalue weighted by atomic mass is 16.2. The lowest BCUT2D eigenvalue weighted by Crippen LogP contribution is -2.49. The van der Waals surface area contributed by atoms with Crippen molar-refractivity contribution < 1.29 is 4.79 Å². The number of carbonyl (C=O) groups is 1. The van der Waals surface area contributed by atoms with Crippen molar-refractivity contribution in [1.29, 1.82) is 0 Å². The number of nitrogens with zero attached hydrogens (tertiary/aromatic N) is 3. The molecule has 3 rings (SSSR count). The highest BCUT2D eigenvalue weighted by molar-refractivity contribution is 5.90. The van der Waals surface area contributed by atoms with E-state index >= 15 is 0 Å². The topological polar surface area (TPSA) is 48.5 Å². The van der Waals surface area contributed by atoms with Gasteiger partial charge in [0.05, 0.1) is 0 Å². The van der Waals surface area contributed by atoms with Crippen LogP contribution in [0, 0.1) is 0 Å². The van der Waals surface area contributed by atoms with E-state index in [4.69, 9.17) is 0 Å². The van der Waals surface area contributed by atoms with Crippen LogP contribution < -0.4 is 5.32 Å². The Balaban J connectivity index is 1.58. The van der Waals surface area contributed by atoms with Gasteiger partial charge in [-0.3, -0.25) is 9.88 Å². The van der Waals surface area contributed by atoms with Crippen molar-refractivity contribution in [3.8, 4) is 0 Å². The van der Waals surface area contributed by atoms with E-state index in [9.17, 15) is 4.79 Å². The fraction of sp³-hybridized carbons (Fsp3) is 0.478. The van der Waals surface area contributed by atoms with Crippen molar-refractivity contribution in [2.75, 3.05) is 31.5 Å². The molecule has 2 amide bonds. The van der Waals surface area contributed by atoms with Crippen LogP contribution in [0.15, 0.2) is 42.7 Å². The zero-order chi connectivity index (χ0) is 20.1. The van der Waals surface area contributed by atoms with E-state index < -0.39 is 0 Å². The van der Waals surface area contributed by atoms with Crippen molar-refractivity contribution >= 4 is 11.7 Å². The number of pyridine rings is 1. The van der Waals surface area contributed by atoms with Gasteiger partial charge in [-0.1, -0.05) is 45.9 Å². The molecule has 5 nitrogen and oxygen atoms in total. The molecule has 1 aromatic heterocycles. The van der Waals surface area contributed by atoms with E-state index in [1.807, 2.05) is 17.2 Å². The van der Waals surface area contributed by atoms with Gasteiger partial charge in [0.25, 0.3) is 0 Å². The maximum Gasteiger partial charge on any atom is 0.321 e. The van der Waals surface area contributed by atoms with Gasteiger partial charge in [0, 0.05) is 50.8 Å². The first-order valence-electron chi connectivity index (χ1n) is 10.2. The van der Waals surface area contributed by atoms with Crippen molar-refractivity contribution in [3.05, 3.63) is 59.4 Å². The molecule has 1 aliphatic rings. The monoisotopic (exact) mass is 380 g/mol.